The summed E-state index contributed by atoms with van der Waals surface area (Å²) in [5.41, 5.74) is 6.60. The Labute approximate surface area is 119 Å². The van der Waals surface area contributed by atoms with E-state index in [0.29, 0.717) is 23.9 Å². The van der Waals surface area contributed by atoms with E-state index in [1.807, 2.05) is 6.07 Å². The van der Waals surface area contributed by atoms with E-state index in [1.165, 1.54) is 0 Å². The van der Waals surface area contributed by atoms with Crippen LogP contribution in [0.3, 0.4) is 0 Å². The number of hydrogen-bond donors (Lipinski definition) is 1. The van der Waals surface area contributed by atoms with E-state index in [0.717, 1.165) is 30.6 Å². The fourth-order valence-electron chi connectivity index (χ4n) is 2.95. The Hall–Kier alpha value is -1.06. The molecule has 4 heteroatoms. The molecule has 0 bridgehead atoms. The molecule has 0 heterocycles. The van der Waals surface area contributed by atoms with Crippen molar-refractivity contribution < 1.29 is 9.53 Å². The lowest BCUT2D eigenvalue weighted by Gasteiger charge is -2.17. The number of benzene rings is 1. The van der Waals surface area contributed by atoms with Crippen molar-refractivity contribution in [2.75, 3.05) is 13.7 Å². The second-order valence-electron chi connectivity index (χ2n) is 5.13. The maximum Gasteiger partial charge on any atom is 0.140 e. The number of carbonyl (C=O) groups excluding carboxylic acids is 1. The molecule has 3 nitrogen and oxygen atoms in total. The van der Waals surface area contributed by atoms with Crippen LogP contribution in [0.25, 0.3) is 0 Å². The summed E-state index contributed by atoms with van der Waals surface area (Å²) in [6.07, 6.45) is 3.51. The van der Waals surface area contributed by atoms with Crippen molar-refractivity contribution in [1.82, 2.24) is 0 Å². The highest BCUT2D eigenvalue weighted by Crippen LogP contribution is 2.33. The van der Waals surface area contributed by atoms with Crippen molar-refractivity contribution in [3.63, 3.8) is 0 Å². The molecule has 0 aliphatic heterocycles. The monoisotopic (exact) mass is 281 g/mol. The molecule has 0 aromatic heterocycles. The maximum absolute atomic E-state index is 12.4. The van der Waals surface area contributed by atoms with Crippen molar-refractivity contribution >= 4 is 17.4 Å². The third kappa shape index (κ3) is 3.28. The smallest absolute Gasteiger partial charge is 0.140 e. The lowest BCUT2D eigenvalue weighted by molar-refractivity contribution is -0.123. The van der Waals surface area contributed by atoms with Gasteiger partial charge in [0.15, 0.2) is 0 Å². The van der Waals surface area contributed by atoms with E-state index >= 15 is 0 Å². The van der Waals surface area contributed by atoms with Gasteiger partial charge in [0.25, 0.3) is 0 Å². The molecule has 0 saturated heterocycles. The summed E-state index contributed by atoms with van der Waals surface area (Å²) < 4.78 is 5.28. The molecule has 0 amide bonds. The molecule has 0 spiro atoms. The van der Waals surface area contributed by atoms with Crippen molar-refractivity contribution in [1.29, 1.82) is 0 Å². The zero-order valence-electron chi connectivity index (χ0n) is 11.2. The summed E-state index contributed by atoms with van der Waals surface area (Å²) in [6.45, 7) is 0.600. The predicted octanol–water partition coefficient (Wildman–Crippen LogP) is 2.84. The number of Topliss-reactive ketones (excluding diaryl/α,β-unsaturated/α-hetero) is 1. The number of rotatable bonds is 5. The van der Waals surface area contributed by atoms with E-state index in [9.17, 15) is 4.79 Å². The van der Waals surface area contributed by atoms with Crippen LogP contribution in [-0.2, 0) is 11.2 Å². The Morgan fingerprint density at radius 2 is 2.26 bits per heavy atom. The Morgan fingerprint density at radius 3 is 2.95 bits per heavy atom. The Kier molecular flexibility index (Phi) is 4.83. The van der Waals surface area contributed by atoms with Crippen LogP contribution >= 0.6 is 11.6 Å². The quantitative estimate of drug-likeness (QED) is 0.903. The first-order valence-corrected chi connectivity index (χ1v) is 7.08. The molecule has 0 radical (unpaired) electrons. The van der Waals surface area contributed by atoms with Crippen molar-refractivity contribution in [2.24, 2.45) is 17.6 Å². The molecule has 104 valence electrons. The molecule has 2 rings (SSSR count). The first-order valence-electron chi connectivity index (χ1n) is 6.71. The predicted molar refractivity (Wildman–Crippen MR) is 76.6 cm³/mol. The second-order valence-corrected chi connectivity index (χ2v) is 5.57. The molecule has 1 aliphatic carbocycles. The van der Waals surface area contributed by atoms with Gasteiger partial charge in [0.2, 0.25) is 0 Å². The second kappa shape index (κ2) is 6.40. The van der Waals surface area contributed by atoms with Crippen LogP contribution < -0.4 is 10.5 Å². The summed E-state index contributed by atoms with van der Waals surface area (Å²) in [7, 11) is 1.61. The van der Waals surface area contributed by atoms with Gasteiger partial charge in [-0.1, -0.05) is 18.0 Å². The molecule has 1 aromatic rings. The van der Waals surface area contributed by atoms with Crippen LogP contribution in [0, 0.1) is 11.8 Å². The fraction of sp³-hybridized carbons (Fsp3) is 0.533. The summed E-state index contributed by atoms with van der Waals surface area (Å²) in [5, 5.41) is 0.630. The number of ether oxygens (including phenoxy) is 1. The van der Waals surface area contributed by atoms with Gasteiger partial charge in [-0.05, 0) is 43.5 Å². The average molecular weight is 282 g/mol. The minimum atomic E-state index is 0.105. The minimum Gasteiger partial charge on any atom is -0.496 e. The molecule has 2 atom stereocenters. The van der Waals surface area contributed by atoms with Crippen LogP contribution in [0.4, 0.5) is 0 Å². The van der Waals surface area contributed by atoms with E-state index in [4.69, 9.17) is 22.1 Å². The average Bonchev–Trinajstić information content (AvgIpc) is 2.87. The van der Waals surface area contributed by atoms with Gasteiger partial charge < -0.3 is 10.5 Å². The normalized spacial score (nSPS) is 22.5. The molecule has 2 unspecified atom stereocenters. The SMILES string of the molecule is COc1ccc(Cl)cc1CC(=O)C1CCCC1CN. The first-order chi connectivity index (χ1) is 9.15. The highest BCUT2D eigenvalue weighted by molar-refractivity contribution is 6.30. The van der Waals surface area contributed by atoms with E-state index in [2.05, 4.69) is 0 Å². The Bertz CT molecular complexity index is 461. The zero-order chi connectivity index (χ0) is 13.8. The van der Waals surface area contributed by atoms with E-state index < -0.39 is 0 Å². The van der Waals surface area contributed by atoms with Gasteiger partial charge in [-0.2, -0.15) is 0 Å². The largest absolute Gasteiger partial charge is 0.496 e. The van der Waals surface area contributed by atoms with Gasteiger partial charge in [-0.25, -0.2) is 0 Å². The van der Waals surface area contributed by atoms with Crippen LogP contribution in [0.5, 0.6) is 5.75 Å². The van der Waals surface area contributed by atoms with Gasteiger partial charge in [-0.3, -0.25) is 4.79 Å². The van der Waals surface area contributed by atoms with Crippen LogP contribution in [0.1, 0.15) is 24.8 Å². The number of halogens is 1. The summed E-state index contributed by atoms with van der Waals surface area (Å²) in [5.74, 6) is 1.43. The maximum atomic E-state index is 12.4. The van der Waals surface area contributed by atoms with Crippen LogP contribution in [0.2, 0.25) is 5.02 Å². The highest BCUT2D eigenvalue weighted by atomic mass is 35.5. The molecule has 1 saturated carbocycles. The molecule has 1 aliphatic rings. The minimum absolute atomic E-state index is 0.105. The van der Waals surface area contributed by atoms with Crippen molar-refractivity contribution in [3.05, 3.63) is 28.8 Å². The van der Waals surface area contributed by atoms with E-state index in [-0.39, 0.29) is 11.7 Å². The van der Waals surface area contributed by atoms with Crippen LogP contribution in [0.15, 0.2) is 18.2 Å². The van der Waals surface area contributed by atoms with Crippen molar-refractivity contribution in [2.45, 2.75) is 25.7 Å². The number of nitrogens with two attached hydrogens (primary N) is 1. The Morgan fingerprint density at radius 1 is 1.47 bits per heavy atom. The number of hydrogen-bond acceptors (Lipinski definition) is 3. The molecule has 2 N–H and O–H groups in total. The number of methoxy groups -OCH3 is 1. The number of carbonyl (C=O) groups is 1. The lowest BCUT2D eigenvalue weighted by Crippen LogP contribution is -2.26. The number of ketones is 1. The molecular weight excluding hydrogens is 262 g/mol. The molecule has 1 aromatic carbocycles. The van der Waals surface area contributed by atoms with Gasteiger partial charge in [0, 0.05) is 22.9 Å². The molecule has 1 fully saturated rings. The summed E-state index contributed by atoms with van der Waals surface area (Å²) in [6, 6.07) is 5.39. The van der Waals surface area contributed by atoms with Crippen LogP contribution in [-0.4, -0.2) is 19.4 Å². The summed E-state index contributed by atoms with van der Waals surface area (Å²) in [4.78, 5) is 12.4. The third-order valence-electron chi connectivity index (χ3n) is 3.98. The van der Waals surface area contributed by atoms with Crippen molar-refractivity contribution in [3.8, 4) is 5.75 Å². The van der Waals surface area contributed by atoms with Gasteiger partial charge in [0.05, 0.1) is 7.11 Å². The lowest BCUT2D eigenvalue weighted by atomic mass is 9.88. The zero-order valence-corrected chi connectivity index (χ0v) is 12.0. The molecule has 19 heavy (non-hydrogen) atoms. The topological polar surface area (TPSA) is 52.3 Å². The fourth-order valence-corrected chi connectivity index (χ4v) is 3.14. The molecular formula is C15H20ClNO2. The standard InChI is InChI=1S/C15H20ClNO2/c1-19-15-6-5-12(16)7-11(15)8-14(18)13-4-2-3-10(13)9-17/h5-7,10,13H,2-4,8-9,17H2,1H3. The third-order valence-corrected chi connectivity index (χ3v) is 4.22. The summed E-state index contributed by atoms with van der Waals surface area (Å²) >= 11 is 5.99. The van der Waals surface area contributed by atoms with E-state index in [1.54, 1.807) is 19.2 Å². The van der Waals surface area contributed by atoms with Gasteiger partial charge in [-0.15, -0.1) is 0 Å². The highest BCUT2D eigenvalue weighted by Gasteiger charge is 2.31. The first kappa shape index (κ1) is 14.4. The van der Waals surface area contributed by atoms with Gasteiger partial charge >= 0.3 is 0 Å². The Balaban J connectivity index is 2.12. The van der Waals surface area contributed by atoms with Gasteiger partial charge in [0.1, 0.15) is 11.5 Å².